The van der Waals surface area contributed by atoms with Gasteiger partial charge in [-0.3, -0.25) is 15.0 Å². The maximum atomic E-state index is 12.5. The fourth-order valence-electron chi connectivity index (χ4n) is 3.46. The molecule has 2 aliphatic heterocycles. The van der Waals surface area contributed by atoms with E-state index in [1.54, 1.807) is 47.3 Å². The van der Waals surface area contributed by atoms with Crippen molar-refractivity contribution in [3.63, 3.8) is 0 Å². The molecule has 0 bridgehead atoms. The predicted molar refractivity (Wildman–Crippen MR) is 113 cm³/mol. The number of hydroxylamine groups is 2. The number of anilines is 1. The van der Waals surface area contributed by atoms with E-state index in [1.807, 2.05) is 12.1 Å². The molecule has 1 unspecified atom stereocenters. The number of benzene rings is 2. The molecule has 2 aromatic carbocycles. The smallest absolute Gasteiger partial charge is 0.283 e. The Hall–Kier alpha value is -2.65. The standard InChI is InChI=1S/C20H19Cl2N5O3/c1-25-18-7-6-12(10-13(18)19(28)27(29)20(25)30-2)17-8-9-26(24-23-17)11-14-15(21)4-3-5-16(14)22/h3-8,10,20,29H,9,11H2,1-2H3. The number of rotatable bonds is 4. The molecule has 1 amide bonds. The molecule has 10 heteroatoms. The molecule has 0 saturated carbocycles. The molecule has 0 spiro atoms. The summed E-state index contributed by atoms with van der Waals surface area (Å²) in [5.41, 5.74) is 3.15. The van der Waals surface area contributed by atoms with Gasteiger partial charge in [0.25, 0.3) is 5.91 Å². The molecule has 4 rings (SSSR count). The van der Waals surface area contributed by atoms with E-state index >= 15 is 0 Å². The van der Waals surface area contributed by atoms with Crippen LogP contribution in [0.5, 0.6) is 0 Å². The van der Waals surface area contributed by atoms with Gasteiger partial charge in [-0.2, -0.15) is 5.06 Å². The van der Waals surface area contributed by atoms with Gasteiger partial charge in [-0.05, 0) is 30.3 Å². The van der Waals surface area contributed by atoms with Gasteiger partial charge in [-0.25, -0.2) is 0 Å². The van der Waals surface area contributed by atoms with Crippen molar-refractivity contribution in [3.8, 4) is 0 Å². The number of carbonyl (C=O) groups is 1. The van der Waals surface area contributed by atoms with Crippen LogP contribution in [0.2, 0.25) is 10.0 Å². The van der Waals surface area contributed by atoms with Crippen LogP contribution in [0.3, 0.4) is 0 Å². The summed E-state index contributed by atoms with van der Waals surface area (Å²) in [6.07, 6.45) is 1.03. The van der Waals surface area contributed by atoms with Gasteiger partial charge in [0.15, 0.2) is 0 Å². The highest BCUT2D eigenvalue weighted by molar-refractivity contribution is 6.35. The number of carbonyl (C=O) groups excluding carboxylic acids is 1. The van der Waals surface area contributed by atoms with Crippen molar-refractivity contribution in [2.24, 2.45) is 10.3 Å². The number of nitrogens with zero attached hydrogens (tertiary/aromatic N) is 5. The molecule has 1 N–H and O–H groups in total. The Labute approximate surface area is 183 Å². The topological polar surface area (TPSA) is 81.0 Å². The van der Waals surface area contributed by atoms with Gasteiger partial charge in [0.2, 0.25) is 6.35 Å². The summed E-state index contributed by atoms with van der Waals surface area (Å²) in [6, 6.07) is 10.7. The van der Waals surface area contributed by atoms with E-state index in [0.717, 1.165) is 11.1 Å². The molecular formula is C20H19Cl2N5O3. The minimum absolute atomic E-state index is 0.354. The quantitative estimate of drug-likeness (QED) is 0.701. The van der Waals surface area contributed by atoms with Gasteiger partial charge >= 0.3 is 0 Å². The predicted octanol–water partition coefficient (Wildman–Crippen LogP) is 4.43. The minimum Gasteiger partial charge on any atom is -0.342 e. The molecule has 1 atom stereocenters. The summed E-state index contributed by atoms with van der Waals surface area (Å²) in [5, 5.41) is 22.1. The molecular weight excluding hydrogens is 429 g/mol. The van der Waals surface area contributed by atoms with E-state index in [1.165, 1.54) is 7.11 Å². The zero-order valence-electron chi connectivity index (χ0n) is 16.3. The van der Waals surface area contributed by atoms with Crippen LogP contribution in [0.4, 0.5) is 5.69 Å². The summed E-state index contributed by atoms with van der Waals surface area (Å²) in [7, 11) is 3.16. The van der Waals surface area contributed by atoms with E-state index in [-0.39, 0.29) is 0 Å². The number of hydrogen-bond acceptors (Lipinski definition) is 7. The number of halogens is 2. The Morgan fingerprint density at radius 3 is 2.60 bits per heavy atom. The van der Waals surface area contributed by atoms with Crippen molar-refractivity contribution in [2.75, 3.05) is 25.6 Å². The van der Waals surface area contributed by atoms with Crippen molar-refractivity contribution in [3.05, 3.63) is 69.2 Å². The Bertz CT molecular complexity index is 1040. The third kappa shape index (κ3) is 3.63. The Morgan fingerprint density at radius 2 is 1.97 bits per heavy atom. The van der Waals surface area contributed by atoms with Crippen molar-refractivity contribution in [1.82, 2.24) is 10.1 Å². The monoisotopic (exact) mass is 447 g/mol. The summed E-state index contributed by atoms with van der Waals surface area (Å²) in [5.74, 6) is -0.542. The van der Waals surface area contributed by atoms with Gasteiger partial charge in [-0.1, -0.05) is 40.6 Å². The Kier molecular flexibility index (Phi) is 5.66. The van der Waals surface area contributed by atoms with Crippen LogP contribution >= 0.6 is 23.2 Å². The number of fused-ring (bicyclic) bond motifs is 1. The molecule has 30 heavy (non-hydrogen) atoms. The van der Waals surface area contributed by atoms with Crippen molar-refractivity contribution in [2.45, 2.75) is 12.9 Å². The maximum Gasteiger partial charge on any atom is 0.283 e. The van der Waals surface area contributed by atoms with Crippen molar-refractivity contribution < 1.29 is 14.7 Å². The van der Waals surface area contributed by atoms with Crippen LogP contribution in [-0.2, 0) is 11.3 Å². The van der Waals surface area contributed by atoms with Gasteiger partial charge in [0.1, 0.15) is 0 Å². The van der Waals surface area contributed by atoms with E-state index in [2.05, 4.69) is 10.3 Å². The van der Waals surface area contributed by atoms with Crippen LogP contribution in [0.15, 0.2) is 52.8 Å². The highest BCUT2D eigenvalue weighted by Gasteiger charge is 2.35. The first-order valence-electron chi connectivity index (χ1n) is 9.13. The van der Waals surface area contributed by atoms with E-state index in [4.69, 9.17) is 27.9 Å². The molecule has 0 fully saturated rings. The van der Waals surface area contributed by atoms with Crippen LogP contribution < -0.4 is 4.90 Å². The first-order valence-corrected chi connectivity index (χ1v) is 9.88. The second kappa shape index (κ2) is 8.23. The summed E-state index contributed by atoms with van der Waals surface area (Å²) >= 11 is 12.5. The summed E-state index contributed by atoms with van der Waals surface area (Å²) < 4.78 is 5.18. The van der Waals surface area contributed by atoms with E-state index < -0.39 is 12.3 Å². The lowest BCUT2D eigenvalue weighted by Crippen LogP contribution is -2.53. The molecule has 8 nitrogen and oxygen atoms in total. The zero-order valence-corrected chi connectivity index (χ0v) is 17.8. The average Bonchev–Trinajstić information content (AvgIpc) is 2.75. The normalized spacial score (nSPS) is 18.6. The molecule has 0 saturated heterocycles. The first-order chi connectivity index (χ1) is 14.4. The highest BCUT2D eigenvalue weighted by Crippen LogP contribution is 2.33. The number of ether oxygens (including phenoxy) is 1. The molecule has 156 valence electrons. The fraction of sp³-hybridized carbons (Fsp3) is 0.250. The Balaban J connectivity index is 1.54. The molecule has 0 aliphatic carbocycles. The van der Waals surface area contributed by atoms with Crippen molar-refractivity contribution >= 4 is 40.5 Å². The maximum absolute atomic E-state index is 12.5. The number of hydrogen-bond donors (Lipinski definition) is 1. The largest absolute Gasteiger partial charge is 0.342 e. The Morgan fingerprint density at radius 1 is 1.23 bits per heavy atom. The lowest BCUT2D eigenvalue weighted by Gasteiger charge is -2.38. The van der Waals surface area contributed by atoms with Crippen molar-refractivity contribution in [1.29, 1.82) is 0 Å². The highest BCUT2D eigenvalue weighted by atomic mass is 35.5. The molecule has 2 heterocycles. The van der Waals surface area contributed by atoms with Crippen LogP contribution in [0, 0.1) is 0 Å². The van der Waals surface area contributed by atoms with Gasteiger partial charge in [0.05, 0.1) is 30.0 Å². The van der Waals surface area contributed by atoms with Crippen LogP contribution in [0.1, 0.15) is 21.5 Å². The SMILES string of the molecule is COC1N(O)C(=O)c2cc(C3=CCN(Cc4c(Cl)cccc4Cl)N=N3)ccc2N1C. The lowest BCUT2D eigenvalue weighted by atomic mass is 10.0. The van der Waals surface area contributed by atoms with Gasteiger partial charge < -0.3 is 9.64 Å². The summed E-state index contributed by atoms with van der Waals surface area (Å²) in [4.78, 5) is 14.2. The fourth-order valence-corrected chi connectivity index (χ4v) is 3.97. The first kappa shape index (κ1) is 20.6. The molecule has 2 aromatic rings. The van der Waals surface area contributed by atoms with Gasteiger partial charge in [-0.15, -0.1) is 5.11 Å². The summed E-state index contributed by atoms with van der Waals surface area (Å²) in [6.45, 7) is 0.931. The van der Waals surface area contributed by atoms with Gasteiger partial charge in [0, 0.05) is 35.3 Å². The second-order valence-electron chi connectivity index (χ2n) is 6.88. The average molecular weight is 448 g/mol. The third-order valence-corrected chi connectivity index (χ3v) is 5.75. The molecule has 2 aliphatic rings. The van der Waals surface area contributed by atoms with Crippen LogP contribution in [-0.4, -0.2) is 48.2 Å². The van der Waals surface area contributed by atoms with E-state index in [9.17, 15) is 10.0 Å². The minimum atomic E-state index is -0.880. The number of amides is 1. The van der Waals surface area contributed by atoms with Crippen LogP contribution in [0.25, 0.3) is 5.70 Å². The number of methoxy groups -OCH3 is 1. The van der Waals surface area contributed by atoms with E-state index in [0.29, 0.717) is 45.1 Å². The third-order valence-electron chi connectivity index (χ3n) is 5.04. The second-order valence-corrected chi connectivity index (χ2v) is 7.70. The molecule has 0 radical (unpaired) electrons. The zero-order chi connectivity index (χ0) is 21.4. The lowest BCUT2D eigenvalue weighted by molar-refractivity contribution is -0.171. The molecule has 0 aromatic heterocycles.